The lowest BCUT2D eigenvalue weighted by Crippen LogP contribution is -2.29. The fourth-order valence-electron chi connectivity index (χ4n) is 3.39. The Morgan fingerprint density at radius 2 is 2.21 bits per heavy atom. The average Bonchev–Trinajstić information content (AvgIpc) is 2.93. The molecule has 3 heterocycles. The van der Waals surface area contributed by atoms with Crippen LogP contribution in [-0.2, 0) is 11.3 Å². The molecule has 0 aliphatic carbocycles. The van der Waals surface area contributed by atoms with E-state index in [1.165, 1.54) is 22.7 Å². The molecule has 0 bridgehead atoms. The van der Waals surface area contributed by atoms with E-state index in [2.05, 4.69) is 43.0 Å². The molecule has 0 amide bonds. The minimum absolute atomic E-state index is 0.455. The Labute approximate surface area is 120 Å². The summed E-state index contributed by atoms with van der Waals surface area (Å²) in [5, 5.41) is 0. The first kappa shape index (κ1) is 13.6. The molecular weight excluding hydrogens is 256 g/mol. The standard InChI is InChI=1S/C15H24N2OS/c1-11-4-5-14(19-11)9-17-7-12-6-13(8-16(2)3)18-15(12)10-17/h4-5,12-13,15H,6-10H2,1-3H3/t12-,13-,15+/m1/s1. The van der Waals surface area contributed by atoms with Gasteiger partial charge in [-0.25, -0.2) is 0 Å². The van der Waals surface area contributed by atoms with Gasteiger partial charge in [0.2, 0.25) is 0 Å². The van der Waals surface area contributed by atoms with E-state index in [0.717, 1.165) is 25.6 Å². The maximum Gasteiger partial charge on any atom is 0.0747 e. The van der Waals surface area contributed by atoms with Crippen LogP contribution in [-0.4, -0.2) is 55.7 Å². The van der Waals surface area contributed by atoms with Crippen molar-refractivity contribution in [3.63, 3.8) is 0 Å². The van der Waals surface area contributed by atoms with Crippen molar-refractivity contribution < 1.29 is 4.74 Å². The monoisotopic (exact) mass is 280 g/mol. The maximum atomic E-state index is 6.19. The molecule has 19 heavy (non-hydrogen) atoms. The second kappa shape index (κ2) is 5.52. The van der Waals surface area contributed by atoms with Gasteiger partial charge in [-0.05, 0) is 39.6 Å². The van der Waals surface area contributed by atoms with Crippen LogP contribution in [0.1, 0.15) is 16.2 Å². The topological polar surface area (TPSA) is 15.7 Å². The molecule has 0 N–H and O–H groups in total. The van der Waals surface area contributed by atoms with Gasteiger partial charge in [-0.2, -0.15) is 0 Å². The molecule has 0 aromatic carbocycles. The SMILES string of the molecule is Cc1ccc(CN2C[C@H]3C[C@H](CN(C)C)O[C@H]3C2)s1. The molecule has 0 spiro atoms. The first-order chi connectivity index (χ1) is 9.10. The molecule has 106 valence electrons. The van der Waals surface area contributed by atoms with Gasteiger partial charge < -0.3 is 9.64 Å². The normalized spacial score (nSPS) is 31.3. The second-order valence-corrected chi connectivity index (χ2v) is 7.63. The number of nitrogens with zero attached hydrogens (tertiary/aromatic N) is 2. The third kappa shape index (κ3) is 3.19. The summed E-state index contributed by atoms with van der Waals surface area (Å²) in [6.07, 6.45) is 2.17. The Hall–Kier alpha value is -0.420. The van der Waals surface area contributed by atoms with Gasteiger partial charge in [-0.1, -0.05) is 0 Å². The molecule has 2 fully saturated rings. The molecule has 1 aromatic rings. The fraction of sp³-hybridized carbons (Fsp3) is 0.733. The number of likely N-dealkylation sites (N-methyl/N-ethyl adjacent to an activating group) is 1. The van der Waals surface area contributed by atoms with Crippen molar-refractivity contribution in [1.82, 2.24) is 9.80 Å². The molecule has 3 rings (SSSR count). The second-order valence-electron chi connectivity index (χ2n) is 6.26. The molecule has 1 aromatic heterocycles. The van der Waals surface area contributed by atoms with Crippen LogP contribution < -0.4 is 0 Å². The van der Waals surface area contributed by atoms with E-state index in [1.54, 1.807) is 0 Å². The smallest absolute Gasteiger partial charge is 0.0747 e. The molecule has 0 unspecified atom stereocenters. The van der Waals surface area contributed by atoms with Crippen LogP contribution in [0.5, 0.6) is 0 Å². The summed E-state index contributed by atoms with van der Waals surface area (Å²) in [7, 11) is 4.26. The molecular formula is C15H24N2OS. The fourth-order valence-corrected chi connectivity index (χ4v) is 4.33. The van der Waals surface area contributed by atoms with Gasteiger partial charge in [-0.3, -0.25) is 4.90 Å². The van der Waals surface area contributed by atoms with Crippen LogP contribution in [0.2, 0.25) is 0 Å². The zero-order valence-corrected chi connectivity index (χ0v) is 12.9. The van der Waals surface area contributed by atoms with E-state index in [4.69, 9.17) is 4.74 Å². The van der Waals surface area contributed by atoms with Crippen molar-refractivity contribution in [2.45, 2.75) is 32.1 Å². The van der Waals surface area contributed by atoms with E-state index < -0.39 is 0 Å². The van der Waals surface area contributed by atoms with Crippen LogP contribution in [0.25, 0.3) is 0 Å². The Morgan fingerprint density at radius 1 is 1.37 bits per heavy atom. The summed E-state index contributed by atoms with van der Waals surface area (Å²) in [5.41, 5.74) is 0. The van der Waals surface area contributed by atoms with Crippen LogP contribution in [0.3, 0.4) is 0 Å². The third-order valence-corrected chi connectivity index (χ3v) is 5.12. The van der Waals surface area contributed by atoms with Gasteiger partial charge in [0.25, 0.3) is 0 Å². The zero-order valence-electron chi connectivity index (χ0n) is 12.1. The number of likely N-dealkylation sites (tertiary alicyclic amines) is 1. The zero-order chi connectivity index (χ0) is 13.4. The summed E-state index contributed by atoms with van der Waals surface area (Å²) in [6.45, 7) is 6.68. The number of ether oxygens (including phenoxy) is 1. The number of hydrogen-bond acceptors (Lipinski definition) is 4. The number of fused-ring (bicyclic) bond motifs is 1. The molecule has 3 nitrogen and oxygen atoms in total. The van der Waals surface area contributed by atoms with Crippen molar-refractivity contribution in [1.29, 1.82) is 0 Å². The summed E-state index contributed by atoms with van der Waals surface area (Å²) < 4.78 is 6.19. The van der Waals surface area contributed by atoms with Crippen molar-refractivity contribution in [2.75, 3.05) is 33.7 Å². The van der Waals surface area contributed by atoms with E-state index in [9.17, 15) is 0 Å². The molecule has 2 aliphatic rings. The van der Waals surface area contributed by atoms with E-state index >= 15 is 0 Å². The minimum atomic E-state index is 0.455. The molecule has 0 saturated carbocycles. The predicted octanol–water partition coefficient (Wildman–Crippen LogP) is 2.21. The van der Waals surface area contributed by atoms with Crippen LogP contribution in [0, 0.1) is 12.8 Å². The highest BCUT2D eigenvalue weighted by atomic mass is 32.1. The van der Waals surface area contributed by atoms with Crippen molar-refractivity contribution >= 4 is 11.3 Å². The largest absolute Gasteiger partial charge is 0.372 e. The van der Waals surface area contributed by atoms with Gasteiger partial charge >= 0.3 is 0 Å². The first-order valence-corrected chi connectivity index (χ1v) is 7.99. The van der Waals surface area contributed by atoms with Gasteiger partial charge in [-0.15, -0.1) is 11.3 Å². The van der Waals surface area contributed by atoms with Gasteiger partial charge in [0.1, 0.15) is 0 Å². The summed E-state index contributed by atoms with van der Waals surface area (Å²) >= 11 is 1.92. The quantitative estimate of drug-likeness (QED) is 0.841. The van der Waals surface area contributed by atoms with Gasteiger partial charge in [0.15, 0.2) is 0 Å². The predicted molar refractivity (Wildman–Crippen MR) is 79.7 cm³/mol. The molecule has 4 heteroatoms. The highest BCUT2D eigenvalue weighted by molar-refractivity contribution is 7.11. The summed E-state index contributed by atoms with van der Waals surface area (Å²) in [6, 6.07) is 4.49. The Bertz CT molecular complexity index is 418. The number of rotatable bonds is 4. The van der Waals surface area contributed by atoms with Crippen LogP contribution in [0.15, 0.2) is 12.1 Å². The first-order valence-electron chi connectivity index (χ1n) is 7.18. The lowest BCUT2D eigenvalue weighted by Gasteiger charge is -2.20. The number of hydrogen-bond donors (Lipinski definition) is 0. The molecule has 3 atom stereocenters. The molecule has 0 radical (unpaired) electrons. The van der Waals surface area contributed by atoms with Crippen LogP contribution >= 0.6 is 11.3 Å². The van der Waals surface area contributed by atoms with Crippen molar-refractivity contribution in [3.8, 4) is 0 Å². The van der Waals surface area contributed by atoms with Crippen molar-refractivity contribution in [3.05, 3.63) is 21.9 Å². The number of thiophene rings is 1. The van der Waals surface area contributed by atoms with Crippen molar-refractivity contribution in [2.24, 2.45) is 5.92 Å². The van der Waals surface area contributed by atoms with E-state index in [1.807, 2.05) is 11.3 Å². The molecule has 2 saturated heterocycles. The van der Waals surface area contributed by atoms with E-state index in [0.29, 0.717) is 12.2 Å². The van der Waals surface area contributed by atoms with E-state index in [-0.39, 0.29) is 0 Å². The summed E-state index contributed by atoms with van der Waals surface area (Å²) in [4.78, 5) is 7.70. The third-order valence-electron chi connectivity index (χ3n) is 4.13. The Kier molecular flexibility index (Phi) is 3.94. The number of aryl methyl sites for hydroxylation is 1. The Balaban J connectivity index is 1.51. The van der Waals surface area contributed by atoms with Gasteiger partial charge in [0, 0.05) is 41.9 Å². The highest BCUT2D eigenvalue weighted by Crippen LogP contribution is 2.34. The minimum Gasteiger partial charge on any atom is -0.372 e. The van der Waals surface area contributed by atoms with Crippen LogP contribution in [0.4, 0.5) is 0 Å². The lowest BCUT2D eigenvalue weighted by molar-refractivity contribution is 0.0250. The maximum absolute atomic E-state index is 6.19. The molecule has 2 aliphatic heterocycles. The average molecular weight is 280 g/mol. The lowest BCUT2D eigenvalue weighted by atomic mass is 10.0. The Morgan fingerprint density at radius 3 is 2.84 bits per heavy atom. The summed E-state index contributed by atoms with van der Waals surface area (Å²) in [5.74, 6) is 0.756. The highest BCUT2D eigenvalue weighted by Gasteiger charge is 2.41. The van der Waals surface area contributed by atoms with Gasteiger partial charge in [0.05, 0.1) is 12.2 Å².